The number of aromatic nitrogens is 1. The van der Waals surface area contributed by atoms with Crippen molar-refractivity contribution in [2.45, 2.75) is 19.9 Å². The summed E-state index contributed by atoms with van der Waals surface area (Å²) >= 11 is 0. The highest BCUT2D eigenvalue weighted by atomic mass is 19.1. The highest BCUT2D eigenvalue weighted by molar-refractivity contribution is 6.15. The molecule has 0 spiro atoms. The Morgan fingerprint density at radius 2 is 2.05 bits per heavy atom. The molecule has 1 heterocycles. The Kier molecular flexibility index (Phi) is 3.03. The first-order valence-electron chi connectivity index (χ1n) is 6.61. The second-order valence-electron chi connectivity index (χ2n) is 4.78. The third-order valence-corrected chi connectivity index (χ3v) is 3.82. The van der Waals surface area contributed by atoms with Crippen LogP contribution in [0.25, 0.3) is 21.8 Å². The lowest BCUT2D eigenvalue weighted by Gasteiger charge is -2.12. The van der Waals surface area contributed by atoms with Crippen molar-refractivity contribution in [1.82, 2.24) is 4.98 Å². The number of nitrogens with two attached hydrogens (primary N) is 1. The average molecular weight is 270 g/mol. The van der Waals surface area contributed by atoms with E-state index in [2.05, 4.69) is 4.98 Å². The summed E-state index contributed by atoms with van der Waals surface area (Å²) in [5.41, 5.74) is 8.58. The second-order valence-corrected chi connectivity index (χ2v) is 4.78. The molecule has 1 aromatic heterocycles. The molecule has 0 saturated heterocycles. The van der Waals surface area contributed by atoms with E-state index in [1.165, 1.54) is 0 Å². The van der Waals surface area contributed by atoms with Gasteiger partial charge < -0.3 is 10.7 Å². The molecule has 3 aromatic rings. The number of fused-ring (bicyclic) bond motifs is 3. The molecule has 0 bridgehead atoms. The van der Waals surface area contributed by atoms with Crippen molar-refractivity contribution in [2.24, 2.45) is 5.73 Å². The van der Waals surface area contributed by atoms with Crippen molar-refractivity contribution < 1.29 is 9.18 Å². The van der Waals surface area contributed by atoms with Crippen LogP contribution in [0.2, 0.25) is 0 Å². The molecule has 0 aliphatic carbocycles. The topological polar surface area (TPSA) is 58.9 Å². The Bertz CT molecular complexity index is 820. The summed E-state index contributed by atoms with van der Waals surface area (Å²) in [7, 11) is 0. The summed E-state index contributed by atoms with van der Waals surface area (Å²) < 4.78 is 14.7. The van der Waals surface area contributed by atoms with E-state index < -0.39 is 0 Å². The molecule has 4 heteroatoms. The van der Waals surface area contributed by atoms with Gasteiger partial charge in [-0.3, -0.25) is 4.79 Å². The molecule has 0 saturated carbocycles. The molecule has 3 N–H and O–H groups in total. The van der Waals surface area contributed by atoms with Crippen LogP contribution in [0.15, 0.2) is 24.3 Å². The van der Waals surface area contributed by atoms with E-state index in [1.54, 1.807) is 0 Å². The highest BCUT2D eigenvalue weighted by Crippen LogP contribution is 2.34. The van der Waals surface area contributed by atoms with Crippen LogP contribution in [-0.2, 0) is 13.0 Å². The number of carbonyl (C=O) groups is 1. The number of H-pyrrole nitrogens is 1. The normalized spacial score (nSPS) is 11.3. The van der Waals surface area contributed by atoms with Gasteiger partial charge in [-0.1, -0.05) is 25.1 Å². The number of hydrogen-bond acceptors (Lipinski definition) is 2. The smallest absolute Gasteiger partial charge is 0.151 e. The van der Waals surface area contributed by atoms with E-state index >= 15 is 0 Å². The van der Waals surface area contributed by atoms with Gasteiger partial charge in [0.15, 0.2) is 12.1 Å². The Morgan fingerprint density at radius 1 is 1.30 bits per heavy atom. The lowest BCUT2D eigenvalue weighted by Crippen LogP contribution is -2.08. The van der Waals surface area contributed by atoms with Crippen molar-refractivity contribution in [2.75, 3.05) is 0 Å². The first-order chi connectivity index (χ1) is 9.72. The monoisotopic (exact) mass is 270 g/mol. The van der Waals surface area contributed by atoms with Gasteiger partial charge >= 0.3 is 0 Å². The fourth-order valence-electron chi connectivity index (χ4n) is 2.91. The average Bonchev–Trinajstić information content (AvgIpc) is 2.87. The Hall–Kier alpha value is -2.20. The molecule has 0 amide bonds. The lowest BCUT2D eigenvalue weighted by molar-refractivity contribution is 0.112. The SMILES string of the molecule is CCc1c(CN)c(C=O)c2c([nH]c3ccccc32)c1F. The van der Waals surface area contributed by atoms with Crippen LogP contribution >= 0.6 is 0 Å². The van der Waals surface area contributed by atoms with E-state index in [4.69, 9.17) is 5.73 Å². The summed E-state index contributed by atoms with van der Waals surface area (Å²) in [4.78, 5) is 14.6. The van der Waals surface area contributed by atoms with Gasteiger partial charge in [0.25, 0.3) is 0 Å². The Morgan fingerprint density at radius 3 is 2.70 bits per heavy atom. The molecule has 0 aliphatic heterocycles. The molecule has 0 fully saturated rings. The number of halogens is 1. The molecular weight excluding hydrogens is 255 g/mol. The van der Waals surface area contributed by atoms with Crippen LogP contribution in [0.5, 0.6) is 0 Å². The number of aldehydes is 1. The van der Waals surface area contributed by atoms with Gasteiger partial charge in [0, 0.05) is 28.4 Å². The van der Waals surface area contributed by atoms with Gasteiger partial charge in [-0.05, 0) is 23.6 Å². The minimum Gasteiger partial charge on any atom is -0.352 e. The van der Waals surface area contributed by atoms with E-state index in [0.29, 0.717) is 34.0 Å². The first-order valence-corrected chi connectivity index (χ1v) is 6.61. The third kappa shape index (κ3) is 1.58. The largest absolute Gasteiger partial charge is 0.352 e. The van der Waals surface area contributed by atoms with Crippen molar-refractivity contribution in [1.29, 1.82) is 0 Å². The van der Waals surface area contributed by atoms with Crippen LogP contribution in [0.4, 0.5) is 4.39 Å². The number of benzene rings is 2. The molecule has 3 rings (SSSR count). The molecule has 0 aliphatic rings. The fourth-order valence-corrected chi connectivity index (χ4v) is 2.91. The predicted octanol–water partition coefficient (Wildman–Crippen LogP) is 3.29. The standard InChI is InChI=1S/C16H15FN2O/c1-2-9-11(7-18)12(8-20)14-10-5-3-4-6-13(10)19-16(14)15(9)17/h3-6,8,19H,2,7,18H2,1H3. The zero-order valence-electron chi connectivity index (χ0n) is 11.2. The van der Waals surface area contributed by atoms with E-state index in [0.717, 1.165) is 17.2 Å². The summed E-state index contributed by atoms with van der Waals surface area (Å²) in [6, 6.07) is 7.50. The minimum atomic E-state index is -0.301. The molecule has 102 valence electrons. The second kappa shape index (κ2) is 4.72. The number of nitrogens with one attached hydrogen (secondary N) is 1. The quantitative estimate of drug-likeness (QED) is 0.717. The van der Waals surface area contributed by atoms with Crippen LogP contribution in [0.3, 0.4) is 0 Å². The molecule has 2 aromatic carbocycles. The summed E-state index contributed by atoms with van der Waals surface area (Å²) in [6.45, 7) is 2.02. The van der Waals surface area contributed by atoms with Crippen molar-refractivity contribution in [3.05, 3.63) is 46.8 Å². The van der Waals surface area contributed by atoms with Crippen LogP contribution in [0.1, 0.15) is 28.4 Å². The minimum absolute atomic E-state index is 0.156. The zero-order chi connectivity index (χ0) is 14.3. The van der Waals surface area contributed by atoms with E-state index in [9.17, 15) is 9.18 Å². The van der Waals surface area contributed by atoms with Crippen LogP contribution < -0.4 is 5.73 Å². The maximum absolute atomic E-state index is 14.7. The molecule has 0 atom stereocenters. The summed E-state index contributed by atoms with van der Waals surface area (Å²) in [5.74, 6) is -0.301. The van der Waals surface area contributed by atoms with Gasteiger partial charge in [-0.15, -0.1) is 0 Å². The number of rotatable bonds is 3. The molecule has 0 unspecified atom stereocenters. The van der Waals surface area contributed by atoms with Crippen molar-refractivity contribution >= 4 is 28.1 Å². The maximum atomic E-state index is 14.7. The van der Waals surface area contributed by atoms with Gasteiger partial charge in [-0.25, -0.2) is 4.39 Å². The lowest BCUT2D eigenvalue weighted by atomic mass is 9.94. The number of hydrogen-bond donors (Lipinski definition) is 2. The van der Waals surface area contributed by atoms with E-state index in [-0.39, 0.29) is 12.4 Å². The maximum Gasteiger partial charge on any atom is 0.151 e. The van der Waals surface area contributed by atoms with Gasteiger partial charge in [0.1, 0.15) is 0 Å². The third-order valence-electron chi connectivity index (χ3n) is 3.82. The number of aromatic amines is 1. The Labute approximate surface area is 115 Å². The molecule has 20 heavy (non-hydrogen) atoms. The van der Waals surface area contributed by atoms with Gasteiger partial charge in [-0.2, -0.15) is 0 Å². The predicted molar refractivity (Wildman–Crippen MR) is 78.4 cm³/mol. The van der Waals surface area contributed by atoms with Gasteiger partial charge in [0.2, 0.25) is 0 Å². The molecular formula is C16H15FN2O. The highest BCUT2D eigenvalue weighted by Gasteiger charge is 2.20. The number of para-hydroxylation sites is 1. The van der Waals surface area contributed by atoms with Gasteiger partial charge in [0.05, 0.1) is 5.52 Å². The Balaban J connectivity index is 2.62. The van der Waals surface area contributed by atoms with Crippen LogP contribution in [0, 0.1) is 5.82 Å². The first kappa shape index (κ1) is 12.8. The van der Waals surface area contributed by atoms with Crippen molar-refractivity contribution in [3.63, 3.8) is 0 Å². The fraction of sp³-hybridized carbons (Fsp3) is 0.188. The van der Waals surface area contributed by atoms with Crippen LogP contribution in [-0.4, -0.2) is 11.3 Å². The summed E-state index contributed by atoms with van der Waals surface area (Å²) in [6.07, 6.45) is 1.29. The summed E-state index contributed by atoms with van der Waals surface area (Å²) in [5, 5.41) is 1.48. The molecule has 0 radical (unpaired) electrons. The number of carbonyl (C=O) groups excluding carboxylic acids is 1. The van der Waals surface area contributed by atoms with E-state index in [1.807, 2.05) is 31.2 Å². The van der Waals surface area contributed by atoms with Crippen molar-refractivity contribution in [3.8, 4) is 0 Å². The molecule has 3 nitrogen and oxygen atoms in total. The zero-order valence-corrected chi connectivity index (χ0v) is 11.2.